The van der Waals surface area contributed by atoms with Gasteiger partial charge in [-0.05, 0) is 31.6 Å². The van der Waals surface area contributed by atoms with Crippen LogP contribution in [-0.2, 0) is 4.79 Å². The predicted molar refractivity (Wildman–Crippen MR) is 90.7 cm³/mol. The monoisotopic (exact) mass is 300 g/mol. The van der Waals surface area contributed by atoms with Gasteiger partial charge in [-0.2, -0.15) is 0 Å². The average molecular weight is 301 g/mol. The van der Waals surface area contributed by atoms with Gasteiger partial charge in [-0.15, -0.1) is 0 Å². The third-order valence-electron chi connectivity index (χ3n) is 4.29. The lowest BCUT2D eigenvalue weighted by molar-refractivity contribution is -0.142. The number of carbonyl (C=O) groups excluding carboxylic acids is 1. The highest BCUT2D eigenvalue weighted by Gasteiger charge is 2.42. The van der Waals surface area contributed by atoms with Gasteiger partial charge in [0.1, 0.15) is 0 Å². The van der Waals surface area contributed by atoms with E-state index in [1.807, 2.05) is 18.7 Å². The molecule has 2 N–H and O–H groups in total. The van der Waals surface area contributed by atoms with Gasteiger partial charge in [0, 0.05) is 12.6 Å². The van der Waals surface area contributed by atoms with E-state index in [1.54, 1.807) is 0 Å². The van der Waals surface area contributed by atoms with Crippen LogP contribution in [0.3, 0.4) is 0 Å². The second-order valence-electron chi connectivity index (χ2n) is 5.98. The van der Waals surface area contributed by atoms with Crippen molar-refractivity contribution >= 4 is 23.1 Å². The molecule has 0 fully saturated rings. The van der Waals surface area contributed by atoms with E-state index in [4.69, 9.17) is 18.0 Å². The van der Waals surface area contributed by atoms with Crippen LogP contribution in [-0.4, -0.2) is 28.4 Å². The van der Waals surface area contributed by atoms with Crippen molar-refractivity contribution in [1.29, 1.82) is 0 Å². The first-order valence-electron chi connectivity index (χ1n) is 7.91. The Balaban J connectivity index is 5.54. The van der Waals surface area contributed by atoms with E-state index in [2.05, 4.69) is 27.7 Å². The van der Waals surface area contributed by atoms with Crippen LogP contribution in [0.5, 0.6) is 0 Å². The van der Waals surface area contributed by atoms with Crippen molar-refractivity contribution in [3.8, 4) is 0 Å². The summed E-state index contributed by atoms with van der Waals surface area (Å²) in [5, 5.41) is 0. The van der Waals surface area contributed by atoms with E-state index in [9.17, 15) is 4.79 Å². The van der Waals surface area contributed by atoms with Gasteiger partial charge in [0.2, 0.25) is 5.91 Å². The Kier molecular flexibility index (Phi) is 8.33. The molecule has 118 valence electrons. The normalized spacial score (nSPS) is 12.0. The third-order valence-corrected chi connectivity index (χ3v) is 4.68. The second-order valence-corrected chi connectivity index (χ2v) is 6.41. The highest BCUT2D eigenvalue weighted by molar-refractivity contribution is 7.80. The van der Waals surface area contributed by atoms with Crippen LogP contribution in [0.2, 0.25) is 0 Å². The minimum atomic E-state index is -0.674. The lowest BCUT2D eigenvalue weighted by Gasteiger charge is -2.40. The van der Waals surface area contributed by atoms with Crippen molar-refractivity contribution < 1.29 is 4.79 Å². The molecule has 0 aromatic carbocycles. The Hall–Kier alpha value is -0.640. The first-order chi connectivity index (χ1) is 9.30. The first-order valence-corrected chi connectivity index (χ1v) is 8.32. The summed E-state index contributed by atoms with van der Waals surface area (Å²) in [6, 6.07) is 0.275. The lowest BCUT2D eigenvalue weighted by atomic mass is 9.80. The maximum Gasteiger partial charge on any atom is 0.235 e. The number of nitrogens with two attached hydrogens (primary N) is 1. The van der Waals surface area contributed by atoms with Crippen molar-refractivity contribution in [2.24, 2.45) is 17.1 Å². The molecule has 0 saturated heterocycles. The van der Waals surface area contributed by atoms with Crippen LogP contribution in [0.1, 0.15) is 67.2 Å². The molecule has 0 saturated carbocycles. The summed E-state index contributed by atoms with van der Waals surface area (Å²) in [6.45, 7) is 13.3. The van der Waals surface area contributed by atoms with Crippen LogP contribution in [0, 0.1) is 11.3 Å². The van der Waals surface area contributed by atoms with Crippen LogP contribution >= 0.6 is 12.2 Å². The van der Waals surface area contributed by atoms with Crippen LogP contribution < -0.4 is 5.73 Å². The van der Waals surface area contributed by atoms with Gasteiger partial charge in [-0.25, -0.2) is 0 Å². The molecule has 0 rings (SSSR count). The molecular formula is C16H32N2OS. The Bertz CT molecular complexity index is 320. The molecule has 0 aliphatic rings. The van der Waals surface area contributed by atoms with Gasteiger partial charge in [0.25, 0.3) is 0 Å². The fourth-order valence-corrected chi connectivity index (χ4v) is 3.18. The molecule has 0 bridgehead atoms. The molecule has 0 aliphatic carbocycles. The molecule has 4 heteroatoms. The van der Waals surface area contributed by atoms with E-state index in [-0.39, 0.29) is 11.9 Å². The predicted octanol–water partition coefficient (Wildman–Crippen LogP) is 3.75. The Morgan fingerprint density at radius 3 is 1.85 bits per heavy atom. The molecule has 0 heterocycles. The number of amides is 1. The Labute approximate surface area is 130 Å². The van der Waals surface area contributed by atoms with Crippen molar-refractivity contribution in [3.05, 3.63) is 0 Å². The van der Waals surface area contributed by atoms with E-state index < -0.39 is 5.41 Å². The minimum absolute atomic E-state index is 0.123. The zero-order valence-corrected chi connectivity index (χ0v) is 14.8. The maximum atomic E-state index is 13.1. The zero-order chi connectivity index (χ0) is 15.9. The number of thiocarbonyl (C=S) groups is 1. The number of rotatable bonds is 9. The van der Waals surface area contributed by atoms with Crippen LogP contribution in [0.15, 0.2) is 0 Å². The summed E-state index contributed by atoms with van der Waals surface area (Å²) in [6.07, 6.45) is 3.28. The van der Waals surface area contributed by atoms with Gasteiger partial charge < -0.3 is 10.6 Å². The van der Waals surface area contributed by atoms with E-state index in [0.717, 1.165) is 19.4 Å². The molecule has 0 aromatic heterocycles. The fourth-order valence-electron chi connectivity index (χ4n) is 2.80. The van der Waals surface area contributed by atoms with Crippen LogP contribution in [0.25, 0.3) is 0 Å². The molecular weight excluding hydrogens is 268 g/mol. The average Bonchev–Trinajstić information content (AvgIpc) is 2.40. The van der Waals surface area contributed by atoms with Crippen molar-refractivity contribution in [2.45, 2.75) is 73.3 Å². The zero-order valence-electron chi connectivity index (χ0n) is 14.0. The quantitative estimate of drug-likeness (QED) is 0.660. The molecule has 0 spiro atoms. The SMILES string of the molecule is CCC(CC)N(CC(C)C)C(=O)C(CC)(CC)C(N)=S. The lowest BCUT2D eigenvalue weighted by Crippen LogP contribution is -2.54. The van der Waals surface area contributed by atoms with Gasteiger partial charge in [-0.1, -0.05) is 53.8 Å². The van der Waals surface area contributed by atoms with Crippen molar-refractivity contribution in [1.82, 2.24) is 4.90 Å². The summed E-state index contributed by atoms with van der Waals surface area (Å²) in [4.78, 5) is 15.5. The molecule has 20 heavy (non-hydrogen) atoms. The summed E-state index contributed by atoms with van der Waals surface area (Å²) in [5.74, 6) is 0.565. The van der Waals surface area contributed by atoms with Crippen molar-refractivity contribution in [3.63, 3.8) is 0 Å². The summed E-state index contributed by atoms with van der Waals surface area (Å²) >= 11 is 5.23. The van der Waals surface area contributed by atoms with E-state index in [1.165, 1.54) is 0 Å². The van der Waals surface area contributed by atoms with Crippen LogP contribution in [0.4, 0.5) is 0 Å². The highest BCUT2D eigenvalue weighted by Crippen LogP contribution is 2.31. The van der Waals surface area contributed by atoms with Gasteiger partial charge in [0.05, 0.1) is 10.4 Å². The molecule has 0 atom stereocenters. The van der Waals surface area contributed by atoms with E-state index in [0.29, 0.717) is 23.7 Å². The van der Waals surface area contributed by atoms with Gasteiger partial charge in [-0.3, -0.25) is 4.79 Å². The third kappa shape index (κ3) is 4.18. The smallest absolute Gasteiger partial charge is 0.235 e. The molecule has 0 unspecified atom stereocenters. The number of nitrogens with zero attached hydrogens (tertiary/aromatic N) is 1. The molecule has 0 aliphatic heterocycles. The van der Waals surface area contributed by atoms with Gasteiger partial charge in [0.15, 0.2) is 0 Å². The summed E-state index contributed by atoms with van der Waals surface area (Å²) in [5.41, 5.74) is 5.26. The molecule has 0 radical (unpaired) electrons. The van der Waals surface area contributed by atoms with Gasteiger partial charge >= 0.3 is 0 Å². The largest absolute Gasteiger partial charge is 0.392 e. The highest BCUT2D eigenvalue weighted by atomic mass is 32.1. The topological polar surface area (TPSA) is 46.3 Å². The second kappa shape index (κ2) is 8.60. The first kappa shape index (κ1) is 19.4. The summed E-state index contributed by atoms with van der Waals surface area (Å²) in [7, 11) is 0. The standard InChI is InChI=1S/C16H32N2OS/c1-7-13(8-2)18(11-12(5)6)15(19)16(9-3,10-4)14(17)20/h12-13H,7-11H2,1-6H3,(H2,17,20). The molecule has 0 aromatic rings. The summed E-state index contributed by atoms with van der Waals surface area (Å²) < 4.78 is 0. The van der Waals surface area contributed by atoms with E-state index >= 15 is 0 Å². The Morgan fingerprint density at radius 1 is 1.15 bits per heavy atom. The number of carbonyl (C=O) groups is 1. The molecule has 1 amide bonds. The maximum absolute atomic E-state index is 13.1. The minimum Gasteiger partial charge on any atom is -0.392 e. The fraction of sp³-hybridized carbons (Fsp3) is 0.875. The Morgan fingerprint density at radius 2 is 1.60 bits per heavy atom. The number of hydrogen-bond donors (Lipinski definition) is 1. The van der Waals surface area contributed by atoms with Crippen molar-refractivity contribution in [2.75, 3.05) is 6.54 Å². The number of hydrogen-bond acceptors (Lipinski definition) is 2. The molecule has 3 nitrogen and oxygen atoms in total.